The standard InChI is InChI=1S/C29H26O2/c1-3-19-31-28-16-13-25(14-17-28)24-10-7-22(8-11-24)5-6-23-9-12-27-21-29(30-4-2)18-15-26(27)20-23/h7-18,20-21H,3-4,19H2,1-2H3. The Morgan fingerprint density at radius 2 is 1.16 bits per heavy atom. The summed E-state index contributed by atoms with van der Waals surface area (Å²) in [6.07, 6.45) is 1.01. The fourth-order valence-electron chi connectivity index (χ4n) is 3.41. The van der Waals surface area contributed by atoms with E-state index < -0.39 is 0 Å². The third kappa shape index (κ3) is 5.27. The molecule has 0 N–H and O–H groups in total. The molecule has 0 fully saturated rings. The second-order valence-electron chi connectivity index (χ2n) is 7.36. The first-order chi connectivity index (χ1) is 15.2. The number of fused-ring (bicyclic) bond motifs is 1. The predicted molar refractivity (Wildman–Crippen MR) is 129 cm³/mol. The monoisotopic (exact) mass is 406 g/mol. The van der Waals surface area contributed by atoms with Crippen LogP contribution < -0.4 is 9.47 Å². The average Bonchev–Trinajstić information content (AvgIpc) is 2.82. The maximum Gasteiger partial charge on any atom is 0.119 e. The highest BCUT2D eigenvalue weighted by Gasteiger charge is 2.00. The molecule has 0 aliphatic heterocycles. The molecule has 154 valence electrons. The lowest BCUT2D eigenvalue weighted by atomic mass is 10.0. The van der Waals surface area contributed by atoms with Crippen LogP contribution in [0.15, 0.2) is 84.9 Å². The summed E-state index contributed by atoms with van der Waals surface area (Å²) < 4.78 is 11.2. The van der Waals surface area contributed by atoms with Gasteiger partial charge in [0, 0.05) is 11.1 Å². The Kier molecular flexibility index (Phi) is 6.55. The van der Waals surface area contributed by atoms with E-state index in [0.717, 1.165) is 46.4 Å². The van der Waals surface area contributed by atoms with Gasteiger partial charge in [-0.15, -0.1) is 0 Å². The van der Waals surface area contributed by atoms with Crippen molar-refractivity contribution in [2.75, 3.05) is 13.2 Å². The second-order valence-corrected chi connectivity index (χ2v) is 7.36. The van der Waals surface area contributed by atoms with Gasteiger partial charge < -0.3 is 9.47 Å². The maximum absolute atomic E-state index is 5.66. The number of benzene rings is 4. The molecule has 4 aromatic carbocycles. The molecule has 0 radical (unpaired) electrons. The van der Waals surface area contributed by atoms with Gasteiger partial charge in [0.05, 0.1) is 13.2 Å². The Morgan fingerprint density at radius 1 is 0.581 bits per heavy atom. The SMILES string of the molecule is CCCOc1ccc(-c2ccc(C#Cc3ccc4cc(OCC)ccc4c3)cc2)cc1. The summed E-state index contributed by atoms with van der Waals surface area (Å²) in [6, 6.07) is 29.0. The van der Waals surface area contributed by atoms with E-state index in [-0.39, 0.29) is 0 Å². The molecule has 4 rings (SSSR count). The predicted octanol–water partition coefficient (Wildman–Crippen LogP) is 7.09. The van der Waals surface area contributed by atoms with Crippen molar-refractivity contribution < 1.29 is 9.47 Å². The fraction of sp³-hybridized carbons (Fsp3) is 0.172. The number of hydrogen-bond donors (Lipinski definition) is 0. The van der Waals surface area contributed by atoms with Gasteiger partial charge in [-0.25, -0.2) is 0 Å². The molecule has 31 heavy (non-hydrogen) atoms. The van der Waals surface area contributed by atoms with E-state index >= 15 is 0 Å². The lowest BCUT2D eigenvalue weighted by Gasteiger charge is -2.06. The Labute approximate surface area is 184 Å². The molecule has 2 nitrogen and oxygen atoms in total. The van der Waals surface area contributed by atoms with Crippen LogP contribution in [0.3, 0.4) is 0 Å². The van der Waals surface area contributed by atoms with Crippen molar-refractivity contribution in [1.82, 2.24) is 0 Å². The van der Waals surface area contributed by atoms with Crippen LogP contribution in [0.25, 0.3) is 21.9 Å². The number of rotatable bonds is 6. The zero-order valence-corrected chi connectivity index (χ0v) is 18.0. The molecule has 2 heteroatoms. The van der Waals surface area contributed by atoms with E-state index in [4.69, 9.17) is 9.47 Å². The first kappa shape index (κ1) is 20.6. The van der Waals surface area contributed by atoms with E-state index in [2.05, 4.69) is 85.5 Å². The van der Waals surface area contributed by atoms with Gasteiger partial charge in [0.1, 0.15) is 11.5 Å². The largest absolute Gasteiger partial charge is 0.494 e. The summed E-state index contributed by atoms with van der Waals surface area (Å²) >= 11 is 0. The van der Waals surface area contributed by atoms with E-state index in [9.17, 15) is 0 Å². The van der Waals surface area contributed by atoms with Crippen molar-refractivity contribution in [2.24, 2.45) is 0 Å². The van der Waals surface area contributed by atoms with Crippen LogP contribution in [0.2, 0.25) is 0 Å². The summed E-state index contributed by atoms with van der Waals surface area (Å²) in [7, 11) is 0. The molecule has 0 spiro atoms. The summed E-state index contributed by atoms with van der Waals surface area (Å²) in [5, 5.41) is 2.32. The first-order valence-corrected chi connectivity index (χ1v) is 10.8. The zero-order chi connectivity index (χ0) is 21.5. The molecule has 0 heterocycles. The molecule has 0 saturated heterocycles. The van der Waals surface area contributed by atoms with Crippen molar-refractivity contribution in [3.05, 3.63) is 96.1 Å². The summed E-state index contributed by atoms with van der Waals surface area (Å²) in [4.78, 5) is 0. The van der Waals surface area contributed by atoms with Gasteiger partial charge in [0.15, 0.2) is 0 Å². The first-order valence-electron chi connectivity index (χ1n) is 10.8. The van der Waals surface area contributed by atoms with Gasteiger partial charge in [-0.2, -0.15) is 0 Å². The van der Waals surface area contributed by atoms with Crippen LogP contribution in [0, 0.1) is 11.8 Å². The molecule has 4 aromatic rings. The van der Waals surface area contributed by atoms with Crippen LogP contribution in [-0.4, -0.2) is 13.2 Å². The Morgan fingerprint density at radius 3 is 1.87 bits per heavy atom. The van der Waals surface area contributed by atoms with Crippen LogP contribution in [0.5, 0.6) is 11.5 Å². The van der Waals surface area contributed by atoms with Crippen LogP contribution >= 0.6 is 0 Å². The lowest BCUT2D eigenvalue weighted by Crippen LogP contribution is -1.94. The van der Waals surface area contributed by atoms with Crippen LogP contribution in [0.4, 0.5) is 0 Å². The van der Waals surface area contributed by atoms with Crippen molar-refractivity contribution in [1.29, 1.82) is 0 Å². The molecule has 0 amide bonds. The normalized spacial score (nSPS) is 10.4. The minimum Gasteiger partial charge on any atom is -0.494 e. The van der Waals surface area contributed by atoms with Gasteiger partial charge in [0.25, 0.3) is 0 Å². The zero-order valence-electron chi connectivity index (χ0n) is 18.0. The molecule has 0 bridgehead atoms. The Bertz CT molecular complexity index is 1210. The quantitative estimate of drug-likeness (QED) is 0.318. The Balaban J connectivity index is 1.47. The van der Waals surface area contributed by atoms with Gasteiger partial charge in [0.2, 0.25) is 0 Å². The Hall–Kier alpha value is -3.70. The second kappa shape index (κ2) is 9.87. The van der Waals surface area contributed by atoms with E-state index in [1.165, 1.54) is 11.1 Å². The third-order valence-corrected chi connectivity index (χ3v) is 5.02. The van der Waals surface area contributed by atoms with Gasteiger partial charge in [-0.1, -0.05) is 55.2 Å². The highest BCUT2D eigenvalue weighted by Crippen LogP contribution is 2.24. The molecular weight excluding hydrogens is 380 g/mol. The maximum atomic E-state index is 5.66. The third-order valence-electron chi connectivity index (χ3n) is 5.02. The van der Waals surface area contributed by atoms with E-state index in [1.54, 1.807) is 0 Å². The van der Waals surface area contributed by atoms with Crippen molar-refractivity contribution in [2.45, 2.75) is 20.3 Å². The number of hydrogen-bond acceptors (Lipinski definition) is 2. The molecular formula is C29H26O2. The summed E-state index contributed by atoms with van der Waals surface area (Å²) in [5.41, 5.74) is 4.34. The summed E-state index contributed by atoms with van der Waals surface area (Å²) in [6.45, 7) is 5.52. The molecule has 0 atom stereocenters. The van der Waals surface area contributed by atoms with E-state index in [0.29, 0.717) is 6.61 Å². The van der Waals surface area contributed by atoms with Crippen molar-refractivity contribution >= 4 is 10.8 Å². The highest BCUT2D eigenvalue weighted by molar-refractivity contribution is 5.85. The molecule has 0 aliphatic rings. The average molecular weight is 407 g/mol. The topological polar surface area (TPSA) is 18.5 Å². The summed E-state index contributed by atoms with van der Waals surface area (Å²) in [5.74, 6) is 8.37. The van der Waals surface area contributed by atoms with Gasteiger partial charge in [-0.05, 0) is 83.8 Å². The van der Waals surface area contributed by atoms with Crippen LogP contribution in [0.1, 0.15) is 31.4 Å². The lowest BCUT2D eigenvalue weighted by molar-refractivity contribution is 0.317. The van der Waals surface area contributed by atoms with Crippen molar-refractivity contribution in [3.8, 4) is 34.5 Å². The molecule has 0 aromatic heterocycles. The fourth-order valence-corrected chi connectivity index (χ4v) is 3.41. The van der Waals surface area contributed by atoms with Crippen molar-refractivity contribution in [3.63, 3.8) is 0 Å². The molecule has 0 aliphatic carbocycles. The van der Waals surface area contributed by atoms with Gasteiger partial charge in [-0.3, -0.25) is 0 Å². The smallest absolute Gasteiger partial charge is 0.119 e. The molecule has 0 saturated carbocycles. The minimum absolute atomic E-state index is 0.673. The molecule has 0 unspecified atom stereocenters. The van der Waals surface area contributed by atoms with Gasteiger partial charge >= 0.3 is 0 Å². The minimum atomic E-state index is 0.673. The number of ether oxygens (including phenoxy) is 2. The van der Waals surface area contributed by atoms with Crippen LogP contribution in [-0.2, 0) is 0 Å². The van der Waals surface area contributed by atoms with E-state index in [1.807, 2.05) is 25.1 Å². The highest BCUT2D eigenvalue weighted by atomic mass is 16.5.